The predicted octanol–water partition coefficient (Wildman–Crippen LogP) is 1.98. The van der Waals surface area contributed by atoms with Crippen LogP contribution in [-0.2, 0) is 16.6 Å². The Hall–Kier alpha value is -1.31. The van der Waals surface area contributed by atoms with Crippen molar-refractivity contribution in [3.05, 3.63) is 35.4 Å². The van der Waals surface area contributed by atoms with Crippen molar-refractivity contribution >= 4 is 5.97 Å². The largest absolute Gasteiger partial charge is 0.481 e. The third-order valence-electron chi connectivity index (χ3n) is 3.77. The van der Waals surface area contributed by atoms with E-state index in [9.17, 15) is 4.79 Å². The molecule has 1 aromatic carbocycles. The number of fused-ring (bicyclic) bond motifs is 2. The Labute approximate surface area is 82.6 Å². The summed E-state index contributed by atoms with van der Waals surface area (Å²) in [6.45, 7) is 0. The minimum Gasteiger partial charge on any atom is -0.481 e. The Kier molecular flexibility index (Phi) is 1.37. The third kappa shape index (κ3) is 0.834. The van der Waals surface area contributed by atoms with Gasteiger partial charge in [-0.1, -0.05) is 24.3 Å². The third-order valence-corrected chi connectivity index (χ3v) is 3.77. The molecule has 72 valence electrons. The van der Waals surface area contributed by atoms with Crippen LogP contribution < -0.4 is 0 Å². The first kappa shape index (κ1) is 8.04. The first-order valence-corrected chi connectivity index (χ1v) is 5.05. The molecule has 0 amide bonds. The molecule has 1 saturated carbocycles. The van der Waals surface area contributed by atoms with Crippen LogP contribution in [-0.4, -0.2) is 11.1 Å². The van der Waals surface area contributed by atoms with Gasteiger partial charge in [0.15, 0.2) is 0 Å². The van der Waals surface area contributed by atoms with E-state index in [1.54, 1.807) is 0 Å². The van der Waals surface area contributed by atoms with Crippen LogP contribution in [0.2, 0.25) is 0 Å². The molecule has 1 fully saturated rings. The Morgan fingerprint density at radius 1 is 1.43 bits per heavy atom. The van der Waals surface area contributed by atoms with Crippen LogP contribution in [0.25, 0.3) is 0 Å². The van der Waals surface area contributed by atoms with E-state index in [0.29, 0.717) is 0 Å². The molecule has 1 aromatic rings. The molecule has 2 heteroatoms. The molecule has 0 aromatic heterocycles. The molecule has 0 bridgehead atoms. The quantitative estimate of drug-likeness (QED) is 0.731. The zero-order valence-corrected chi connectivity index (χ0v) is 7.86. The number of hydrogen-bond acceptors (Lipinski definition) is 1. The molecule has 2 aliphatic carbocycles. The van der Waals surface area contributed by atoms with Gasteiger partial charge in [-0.05, 0) is 30.4 Å². The van der Waals surface area contributed by atoms with E-state index in [1.165, 1.54) is 11.1 Å². The van der Waals surface area contributed by atoms with Gasteiger partial charge in [0, 0.05) is 5.41 Å². The Bertz CT molecular complexity index is 411. The lowest BCUT2D eigenvalue weighted by Crippen LogP contribution is -2.11. The lowest BCUT2D eigenvalue weighted by molar-refractivity contribution is -0.139. The number of hydrogen-bond donors (Lipinski definition) is 1. The van der Waals surface area contributed by atoms with Crippen molar-refractivity contribution in [2.45, 2.75) is 24.7 Å². The number of rotatable bonds is 1. The van der Waals surface area contributed by atoms with Gasteiger partial charge in [-0.3, -0.25) is 4.79 Å². The number of carboxylic acid groups (broad SMARTS) is 1. The van der Waals surface area contributed by atoms with Gasteiger partial charge in [0.2, 0.25) is 0 Å². The highest BCUT2D eigenvalue weighted by Gasteiger charge is 2.61. The van der Waals surface area contributed by atoms with Crippen molar-refractivity contribution in [1.29, 1.82) is 0 Å². The first-order chi connectivity index (χ1) is 6.74. The minimum atomic E-state index is -0.623. The van der Waals surface area contributed by atoms with E-state index in [2.05, 4.69) is 12.1 Å². The number of carbonyl (C=O) groups is 1. The van der Waals surface area contributed by atoms with Crippen LogP contribution in [0.5, 0.6) is 0 Å². The van der Waals surface area contributed by atoms with Crippen molar-refractivity contribution in [3.63, 3.8) is 0 Å². The summed E-state index contributed by atoms with van der Waals surface area (Å²) >= 11 is 0. The lowest BCUT2D eigenvalue weighted by Gasteiger charge is -2.08. The van der Waals surface area contributed by atoms with E-state index in [0.717, 1.165) is 19.3 Å². The van der Waals surface area contributed by atoms with Crippen LogP contribution in [0.15, 0.2) is 24.3 Å². The second-order valence-electron chi connectivity index (χ2n) is 4.41. The van der Waals surface area contributed by atoms with Crippen LogP contribution in [0.4, 0.5) is 0 Å². The smallest absolute Gasteiger partial charge is 0.307 e. The number of carboxylic acids is 1. The maximum Gasteiger partial charge on any atom is 0.307 e. The van der Waals surface area contributed by atoms with Crippen LogP contribution in [0, 0.1) is 5.92 Å². The molecule has 2 nitrogen and oxygen atoms in total. The standard InChI is InChI=1S/C12H12O2/c13-11(14)10-7-12(10)6-5-8-3-1-2-4-9(8)12/h1-4,10H,5-7H2,(H,13,14)/t10-,12-/m1/s1. The predicted molar refractivity (Wildman–Crippen MR) is 52.2 cm³/mol. The van der Waals surface area contributed by atoms with E-state index in [-0.39, 0.29) is 11.3 Å². The monoisotopic (exact) mass is 188 g/mol. The Balaban J connectivity index is 2.04. The molecule has 0 unspecified atom stereocenters. The molecule has 0 saturated heterocycles. The Morgan fingerprint density at radius 3 is 2.93 bits per heavy atom. The summed E-state index contributed by atoms with van der Waals surface area (Å²) < 4.78 is 0. The van der Waals surface area contributed by atoms with Gasteiger partial charge in [0.05, 0.1) is 5.92 Å². The summed E-state index contributed by atoms with van der Waals surface area (Å²) in [5.41, 5.74) is 2.67. The fourth-order valence-corrected chi connectivity index (χ4v) is 2.92. The summed E-state index contributed by atoms with van der Waals surface area (Å²) in [6.07, 6.45) is 2.93. The minimum absolute atomic E-state index is 0.0163. The van der Waals surface area contributed by atoms with Crippen molar-refractivity contribution < 1.29 is 9.90 Å². The van der Waals surface area contributed by atoms with E-state index >= 15 is 0 Å². The number of benzene rings is 1. The van der Waals surface area contributed by atoms with Gasteiger partial charge >= 0.3 is 5.97 Å². The second-order valence-corrected chi connectivity index (χ2v) is 4.41. The highest BCUT2D eigenvalue weighted by atomic mass is 16.4. The average molecular weight is 188 g/mol. The van der Waals surface area contributed by atoms with Gasteiger partial charge in [-0.25, -0.2) is 0 Å². The van der Waals surface area contributed by atoms with Crippen LogP contribution in [0.3, 0.4) is 0 Å². The van der Waals surface area contributed by atoms with Gasteiger partial charge in [0.1, 0.15) is 0 Å². The first-order valence-electron chi connectivity index (χ1n) is 5.05. The molecule has 0 heterocycles. The van der Waals surface area contributed by atoms with Crippen LogP contribution in [0.1, 0.15) is 24.0 Å². The molecule has 1 N–H and O–H groups in total. The molecule has 1 spiro atoms. The van der Waals surface area contributed by atoms with Crippen molar-refractivity contribution in [3.8, 4) is 0 Å². The van der Waals surface area contributed by atoms with Gasteiger partial charge in [-0.2, -0.15) is 0 Å². The lowest BCUT2D eigenvalue weighted by atomic mass is 9.95. The molecule has 0 radical (unpaired) electrons. The number of aliphatic carboxylic acids is 1. The molecule has 0 aliphatic heterocycles. The molecule has 14 heavy (non-hydrogen) atoms. The molecular formula is C12H12O2. The van der Waals surface area contributed by atoms with Crippen LogP contribution >= 0.6 is 0 Å². The number of aryl methyl sites for hydroxylation is 1. The SMILES string of the molecule is O=C(O)[C@H]1C[C@@]12CCc1ccccc12. The fourth-order valence-electron chi connectivity index (χ4n) is 2.92. The summed E-state index contributed by atoms with van der Waals surface area (Å²) in [5, 5.41) is 9.00. The van der Waals surface area contributed by atoms with E-state index in [4.69, 9.17) is 5.11 Å². The zero-order valence-electron chi connectivity index (χ0n) is 7.86. The average Bonchev–Trinajstić information content (AvgIpc) is 2.80. The normalized spacial score (nSPS) is 33.0. The van der Waals surface area contributed by atoms with Gasteiger partial charge in [0.25, 0.3) is 0 Å². The maximum absolute atomic E-state index is 10.9. The Morgan fingerprint density at radius 2 is 2.21 bits per heavy atom. The highest BCUT2D eigenvalue weighted by Crippen LogP contribution is 2.61. The summed E-state index contributed by atoms with van der Waals surface area (Å²) in [4.78, 5) is 10.9. The molecule has 3 rings (SSSR count). The highest BCUT2D eigenvalue weighted by molar-refractivity contribution is 5.78. The van der Waals surface area contributed by atoms with Crippen molar-refractivity contribution in [1.82, 2.24) is 0 Å². The molecular weight excluding hydrogens is 176 g/mol. The summed E-state index contributed by atoms with van der Waals surface area (Å²) in [5.74, 6) is -0.743. The topological polar surface area (TPSA) is 37.3 Å². The van der Waals surface area contributed by atoms with E-state index < -0.39 is 5.97 Å². The molecule has 2 atom stereocenters. The van der Waals surface area contributed by atoms with Crippen molar-refractivity contribution in [2.24, 2.45) is 5.92 Å². The maximum atomic E-state index is 10.9. The molecule has 2 aliphatic rings. The summed E-state index contributed by atoms with van der Waals surface area (Å²) in [6, 6.07) is 8.28. The fraction of sp³-hybridized carbons (Fsp3) is 0.417. The summed E-state index contributed by atoms with van der Waals surface area (Å²) in [7, 11) is 0. The van der Waals surface area contributed by atoms with Crippen molar-refractivity contribution in [2.75, 3.05) is 0 Å². The van der Waals surface area contributed by atoms with E-state index in [1.807, 2.05) is 12.1 Å². The zero-order chi connectivity index (χ0) is 9.76. The van der Waals surface area contributed by atoms with Gasteiger partial charge < -0.3 is 5.11 Å². The second kappa shape index (κ2) is 2.38. The van der Waals surface area contributed by atoms with Gasteiger partial charge in [-0.15, -0.1) is 0 Å².